The van der Waals surface area contributed by atoms with Gasteiger partial charge < -0.3 is 4.90 Å². The van der Waals surface area contributed by atoms with Crippen LogP contribution in [0, 0.1) is 0 Å². The minimum absolute atomic E-state index is 0.420. The van der Waals surface area contributed by atoms with Crippen molar-refractivity contribution in [3.05, 3.63) is 271 Å². The van der Waals surface area contributed by atoms with Crippen LogP contribution in [0.4, 0.5) is 17.1 Å². The van der Waals surface area contributed by atoms with Crippen LogP contribution in [0.2, 0.25) is 0 Å². The summed E-state index contributed by atoms with van der Waals surface area (Å²) < 4.78 is 0. The molecule has 0 fully saturated rings. The number of hydrogen-bond donors (Lipinski definition) is 0. The molecule has 0 N–H and O–H groups in total. The van der Waals surface area contributed by atoms with Crippen molar-refractivity contribution >= 4 is 60.2 Å². The highest BCUT2D eigenvalue weighted by molar-refractivity contribution is 6.22. The molecule has 0 saturated carbocycles. The molecule has 0 saturated heterocycles. The molecule has 12 aromatic carbocycles. The van der Waals surface area contributed by atoms with Crippen LogP contribution in [0.1, 0.15) is 23.6 Å². The van der Waals surface area contributed by atoms with Gasteiger partial charge in [0.1, 0.15) is 0 Å². The summed E-state index contributed by atoms with van der Waals surface area (Å²) in [6.45, 7) is 2.42. The predicted molar refractivity (Wildman–Crippen MR) is 285 cm³/mol. The molecule has 0 heterocycles. The first-order chi connectivity index (χ1) is 33.1. The second kappa shape index (κ2) is 15.6. The second-order valence-electron chi connectivity index (χ2n) is 18.1. The Balaban J connectivity index is 1.09. The Morgan fingerprint density at radius 3 is 1.60 bits per heavy atom. The van der Waals surface area contributed by atoms with E-state index in [1.807, 2.05) is 0 Å². The summed E-state index contributed by atoms with van der Waals surface area (Å²) in [5, 5.41) is 10.0. The lowest BCUT2D eigenvalue weighted by atomic mass is 9.73. The minimum Gasteiger partial charge on any atom is -0.310 e. The fourth-order valence-corrected chi connectivity index (χ4v) is 11.5. The molecule has 314 valence electrons. The standard InChI is InChI=1S/C66H45N/c1-66(48-24-9-4-10-25-48)61-33-16-15-28-57(61)59-32-18-34-62(65(59)66)67(49-38-35-45(36-39-49)52-30-17-31-53-51-26-12-11-19-44(51)37-41-55(52)53)50-40-42-56-54-27-13-14-29-58(54)63(46-20-5-2-6-21-46)64(60(56)43-50)47-22-7-3-8-23-47/h2-43H,1H3. The van der Waals surface area contributed by atoms with E-state index in [-0.39, 0.29) is 0 Å². The molecule has 1 unspecified atom stereocenters. The molecule has 1 aliphatic rings. The molecule has 0 radical (unpaired) electrons. The molecule has 1 heteroatoms. The fraction of sp³-hybridized carbons (Fsp3) is 0.0303. The van der Waals surface area contributed by atoms with Gasteiger partial charge in [0.25, 0.3) is 0 Å². The van der Waals surface area contributed by atoms with E-state index in [4.69, 9.17) is 0 Å². The van der Waals surface area contributed by atoms with Crippen LogP contribution in [-0.4, -0.2) is 0 Å². The van der Waals surface area contributed by atoms with Crippen LogP contribution in [0.5, 0.6) is 0 Å². The zero-order valence-corrected chi connectivity index (χ0v) is 37.2. The average Bonchev–Trinajstić information content (AvgIpc) is 3.68. The van der Waals surface area contributed by atoms with Crippen molar-refractivity contribution in [3.63, 3.8) is 0 Å². The smallest absolute Gasteiger partial charge is 0.0512 e. The minimum atomic E-state index is -0.420. The quantitative estimate of drug-likeness (QED) is 0.144. The van der Waals surface area contributed by atoms with Crippen LogP contribution in [0.15, 0.2) is 255 Å². The fourth-order valence-electron chi connectivity index (χ4n) is 11.5. The summed E-state index contributed by atoms with van der Waals surface area (Å²) in [4.78, 5) is 2.53. The number of benzene rings is 12. The molecule has 0 amide bonds. The molecular weight excluding hydrogens is 807 g/mol. The van der Waals surface area contributed by atoms with E-state index >= 15 is 0 Å². The van der Waals surface area contributed by atoms with Gasteiger partial charge in [-0.1, -0.05) is 224 Å². The Kier molecular flexibility index (Phi) is 9.05. The van der Waals surface area contributed by atoms with Crippen LogP contribution in [-0.2, 0) is 5.41 Å². The second-order valence-corrected chi connectivity index (χ2v) is 18.1. The van der Waals surface area contributed by atoms with Gasteiger partial charge in [-0.05, 0) is 142 Å². The van der Waals surface area contributed by atoms with Crippen LogP contribution < -0.4 is 4.90 Å². The number of nitrogens with zero attached hydrogens (tertiary/aromatic N) is 1. The Labute approximate surface area is 391 Å². The van der Waals surface area contributed by atoms with E-state index in [0.717, 1.165) is 17.1 Å². The summed E-state index contributed by atoms with van der Waals surface area (Å²) >= 11 is 0. The topological polar surface area (TPSA) is 3.24 Å². The SMILES string of the molecule is CC1(c2ccccc2)c2ccccc2-c2cccc(N(c3ccc(-c4cccc5c4ccc4ccccc45)cc3)c3ccc4c(c3)c(-c3ccccc3)c(-c3ccccc3)c3ccccc34)c21. The first kappa shape index (κ1) is 38.9. The Bertz CT molecular complexity index is 3850. The lowest BCUT2D eigenvalue weighted by Crippen LogP contribution is -2.25. The third-order valence-corrected chi connectivity index (χ3v) is 14.5. The lowest BCUT2D eigenvalue weighted by molar-refractivity contribution is 0.714. The van der Waals surface area contributed by atoms with Gasteiger partial charge in [0.05, 0.1) is 5.69 Å². The first-order valence-corrected chi connectivity index (χ1v) is 23.3. The van der Waals surface area contributed by atoms with Gasteiger partial charge in [-0.2, -0.15) is 0 Å². The third-order valence-electron chi connectivity index (χ3n) is 14.5. The number of anilines is 3. The van der Waals surface area contributed by atoms with Crippen molar-refractivity contribution in [1.29, 1.82) is 0 Å². The lowest BCUT2D eigenvalue weighted by Gasteiger charge is -2.35. The van der Waals surface area contributed by atoms with Crippen molar-refractivity contribution in [3.8, 4) is 44.5 Å². The van der Waals surface area contributed by atoms with E-state index in [1.165, 1.54) is 104 Å². The average molecular weight is 852 g/mol. The van der Waals surface area contributed by atoms with Crippen molar-refractivity contribution < 1.29 is 0 Å². The molecule has 12 aromatic rings. The maximum Gasteiger partial charge on any atom is 0.0512 e. The summed E-state index contributed by atoms with van der Waals surface area (Å²) in [5.41, 5.74) is 16.7. The van der Waals surface area contributed by atoms with Gasteiger partial charge in [0.15, 0.2) is 0 Å². The van der Waals surface area contributed by atoms with Gasteiger partial charge in [-0.15, -0.1) is 0 Å². The zero-order chi connectivity index (χ0) is 44.5. The largest absolute Gasteiger partial charge is 0.310 e. The Hall–Kier alpha value is -8.52. The van der Waals surface area contributed by atoms with Crippen LogP contribution in [0.3, 0.4) is 0 Å². The normalized spacial score (nSPS) is 14.1. The summed E-state index contributed by atoms with van der Waals surface area (Å²) in [6.07, 6.45) is 0. The van der Waals surface area contributed by atoms with Crippen molar-refractivity contribution in [2.24, 2.45) is 0 Å². The molecule has 67 heavy (non-hydrogen) atoms. The molecule has 1 atom stereocenters. The van der Waals surface area contributed by atoms with E-state index < -0.39 is 5.41 Å². The maximum absolute atomic E-state index is 2.53. The summed E-state index contributed by atoms with van der Waals surface area (Å²) in [5.74, 6) is 0. The molecule has 0 aliphatic heterocycles. The van der Waals surface area contributed by atoms with Gasteiger partial charge >= 0.3 is 0 Å². The van der Waals surface area contributed by atoms with Gasteiger partial charge in [0.2, 0.25) is 0 Å². The number of fused-ring (bicyclic) bond motifs is 9. The van der Waals surface area contributed by atoms with E-state index in [1.54, 1.807) is 0 Å². The number of hydrogen-bond acceptors (Lipinski definition) is 1. The van der Waals surface area contributed by atoms with Crippen molar-refractivity contribution in [2.75, 3.05) is 4.90 Å². The number of rotatable bonds is 7. The van der Waals surface area contributed by atoms with Crippen LogP contribution >= 0.6 is 0 Å². The molecule has 1 aliphatic carbocycles. The molecule has 0 aromatic heterocycles. The molecule has 0 spiro atoms. The zero-order valence-electron chi connectivity index (χ0n) is 37.2. The highest BCUT2D eigenvalue weighted by atomic mass is 15.1. The Morgan fingerprint density at radius 2 is 0.836 bits per heavy atom. The highest BCUT2D eigenvalue weighted by Crippen LogP contribution is 2.57. The van der Waals surface area contributed by atoms with E-state index in [9.17, 15) is 0 Å². The van der Waals surface area contributed by atoms with Crippen molar-refractivity contribution in [2.45, 2.75) is 12.3 Å². The van der Waals surface area contributed by atoms with Gasteiger partial charge in [-0.25, -0.2) is 0 Å². The predicted octanol–water partition coefficient (Wildman–Crippen LogP) is 18.1. The summed E-state index contributed by atoms with van der Waals surface area (Å²) in [7, 11) is 0. The Morgan fingerprint density at radius 1 is 0.313 bits per heavy atom. The summed E-state index contributed by atoms with van der Waals surface area (Å²) in [6, 6.07) is 94.3. The van der Waals surface area contributed by atoms with Crippen molar-refractivity contribution in [1.82, 2.24) is 0 Å². The molecule has 1 nitrogen and oxygen atoms in total. The maximum atomic E-state index is 2.53. The van der Waals surface area contributed by atoms with Gasteiger partial charge in [0, 0.05) is 16.8 Å². The van der Waals surface area contributed by atoms with E-state index in [2.05, 4.69) is 267 Å². The molecular formula is C66H45N. The third kappa shape index (κ3) is 6.09. The highest BCUT2D eigenvalue weighted by Gasteiger charge is 2.43. The molecule has 0 bridgehead atoms. The van der Waals surface area contributed by atoms with Gasteiger partial charge in [-0.3, -0.25) is 0 Å². The first-order valence-electron chi connectivity index (χ1n) is 23.3. The van der Waals surface area contributed by atoms with E-state index in [0.29, 0.717) is 0 Å². The monoisotopic (exact) mass is 851 g/mol. The molecule has 13 rings (SSSR count). The van der Waals surface area contributed by atoms with Crippen LogP contribution in [0.25, 0.3) is 87.6 Å².